The Bertz CT molecular complexity index is 437. The second-order valence-corrected chi connectivity index (χ2v) is 3.36. The molecule has 0 aliphatic rings. The van der Waals surface area contributed by atoms with E-state index in [0.717, 1.165) is 5.56 Å². The molecular weight excluding hydrogens is 228 g/mol. The van der Waals surface area contributed by atoms with Crippen LogP contribution in [0.5, 0.6) is 0 Å². The van der Waals surface area contributed by atoms with Crippen LogP contribution in [0.3, 0.4) is 0 Å². The van der Waals surface area contributed by atoms with Gasteiger partial charge >= 0.3 is 0 Å². The van der Waals surface area contributed by atoms with E-state index in [1.807, 2.05) is 6.07 Å². The fraction of sp³-hybridized carbons (Fsp3) is 0.300. The highest BCUT2D eigenvalue weighted by Crippen LogP contribution is 2.21. The second-order valence-electron chi connectivity index (χ2n) is 2.93. The summed E-state index contributed by atoms with van der Waals surface area (Å²) in [5.74, 6) is 0. The second kappa shape index (κ2) is 6.70. The Morgan fingerprint density at radius 3 is 3.06 bits per heavy atom. The first kappa shape index (κ1) is 12.3. The van der Waals surface area contributed by atoms with Crippen LogP contribution in [0.15, 0.2) is 29.4 Å². The molecule has 6 heteroatoms. The van der Waals surface area contributed by atoms with Crippen molar-refractivity contribution in [2.75, 3.05) is 13.2 Å². The van der Waals surface area contributed by atoms with E-state index in [0.29, 0.717) is 5.02 Å². The molecule has 82 valence electrons. The van der Waals surface area contributed by atoms with Gasteiger partial charge in [0.15, 0.2) is 0 Å². The van der Waals surface area contributed by atoms with Crippen LogP contribution in [0.4, 0.5) is 0 Å². The molecule has 1 atom stereocenters. The number of hydrogen-bond acceptors (Lipinski definition) is 3. The Kier molecular flexibility index (Phi) is 5.17. The Labute approximate surface area is 97.8 Å². The summed E-state index contributed by atoms with van der Waals surface area (Å²) in [7, 11) is 0. The summed E-state index contributed by atoms with van der Waals surface area (Å²) in [5, 5.41) is 12.4. The summed E-state index contributed by atoms with van der Waals surface area (Å²) < 4.78 is 5.25. The fourth-order valence-corrected chi connectivity index (χ4v) is 1.41. The van der Waals surface area contributed by atoms with Crippen molar-refractivity contribution >= 4 is 11.6 Å². The zero-order valence-electron chi connectivity index (χ0n) is 8.38. The van der Waals surface area contributed by atoms with Crippen molar-refractivity contribution in [3.8, 4) is 6.07 Å². The summed E-state index contributed by atoms with van der Waals surface area (Å²) in [6, 6.07) is 8.90. The Morgan fingerprint density at radius 1 is 1.62 bits per heavy atom. The molecule has 0 aliphatic carbocycles. The van der Waals surface area contributed by atoms with E-state index in [9.17, 15) is 0 Å². The molecule has 0 saturated heterocycles. The molecule has 1 unspecified atom stereocenters. The van der Waals surface area contributed by atoms with E-state index in [2.05, 4.69) is 10.0 Å². The maximum Gasteiger partial charge on any atom is 0.134 e. The van der Waals surface area contributed by atoms with Crippen molar-refractivity contribution < 1.29 is 4.74 Å². The van der Waals surface area contributed by atoms with Gasteiger partial charge in [0.2, 0.25) is 0 Å². The first-order valence-corrected chi connectivity index (χ1v) is 4.90. The number of ether oxygens (including phenoxy) is 1. The van der Waals surface area contributed by atoms with E-state index in [-0.39, 0.29) is 13.2 Å². The average molecular weight is 237 g/mol. The summed E-state index contributed by atoms with van der Waals surface area (Å²) in [4.78, 5) is 2.66. The Balaban J connectivity index is 2.82. The van der Waals surface area contributed by atoms with E-state index in [1.165, 1.54) is 0 Å². The molecule has 1 aromatic carbocycles. The van der Waals surface area contributed by atoms with Gasteiger partial charge in [-0.15, -0.1) is 0 Å². The molecule has 1 rings (SSSR count). The van der Waals surface area contributed by atoms with Gasteiger partial charge in [-0.25, -0.2) is 0 Å². The van der Waals surface area contributed by atoms with Gasteiger partial charge in [-0.1, -0.05) is 28.8 Å². The van der Waals surface area contributed by atoms with Gasteiger partial charge in [-0.05, 0) is 23.2 Å². The molecule has 0 bridgehead atoms. The Morgan fingerprint density at radius 2 is 2.44 bits per heavy atom. The third kappa shape index (κ3) is 3.79. The van der Waals surface area contributed by atoms with Gasteiger partial charge in [0, 0.05) is 9.93 Å². The molecule has 0 fully saturated rings. The maximum absolute atomic E-state index is 8.44. The number of halogens is 1. The van der Waals surface area contributed by atoms with E-state index in [4.69, 9.17) is 27.1 Å². The Hall–Kier alpha value is -1.73. The van der Waals surface area contributed by atoms with Gasteiger partial charge < -0.3 is 4.74 Å². The van der Waals surface area contributed by atoms with Crippen molar-refractivity contribution in [2.24, 2.45) is 5.11 Å². The summed E-state index contributed by atoms with van der Waals surface area (Å²) in [5.41, 5.74) is 9.04. The third-order valence-corrected chi connectivity index (χ3v) is 2.12. The maximum atomic E-state index is 8.44. The summed E-state index contributed by atoms with van der Waals surface area (Å²) >= 11 is 5.83. The highest BCUT2D eigenvalue weighted by molar-refractivity contribution is 6.30. The van der Waals surface area contributed by atoms with Gasteiger partial charge in [-0.3, -0.25) is 0 Å². The lowest BCUT2D eigenvalue weighted by molar-refractivity contribution is 0.0837. The van der Waals surface area contributed by atoms with Crippen LogP contribution in [0.2, 0.25) is 5.02 Å². The van der Waals surface area contributed by atoms with Crippen LogP contribution in [-0.2, 0) is 4.74 Å². The van der Waals surface area contributed by atoms with Gasteiger partial charge in [0.1, 0.15) is 6.61 Å². The summed E-state index contributed by atoms with van der Waals surface area (Å²) in [6.07, 6.45) is -0.436. The zero-order chi connectivity index (χ0) is 11.8. The van der Waals surface area contributed by atoms with Crippen molar-refractivity contribution in [3.05, 3.63) is 45.3 Å². The van der Waals surface area contributed by atoms with Crippen molar-refractivity contribution in [3.63, 3.8) is 0 Å². The first-order chi connectivity index (χ1) is 7.77. The van der Waals surface area contributed by atoms with Crippen LogP contribution >= 0.6 is 11.6 Å². The largest absolute Gasteiger partial charge is 0.358 e. The lowest BCUT2D eigenvalue weighted by Crippen LogP contribution is -2.08. The standard InChI is InChI=1S/C10H9ClN4O/c11-9-3-1-2-8(6-9)10(7-14-15-13)16-5-4-12/h1-3,6,10H,5,7H2. The molecule has 5 nitrogen and oxygen atoms in total. The van der Waals surface area contributed by atoms with Crippen LogP contribution in [0.25, 0.3) is 10.4 Å². The van der Waals surface area contributed by atoms with E-state index in [1.54, 1.807) is 24.3 Å². The fourth-order valence-electron chi connectivity index (χ4n) is 1.21. The molecular formula is C10H9ClN4O. The average Bonchev–Trinajstić information content (AvgIpc) is 2.29. The van der Waals surface area contributed by atoms with Crippen LogP contribution in [0, 0.1) is 11.3 Å². The first-order valence-electron chi connectivity index (χ1n) is 4.53. The molecule has 0 N–H and O–H groups in total. The lowest BCUT2D eigenvalue weighted by atomic mass is 10.1. The predicted molar refractivity (Wildman–Crippen MR) is 59.8 cm³/mol. The predicted octanol–water partition coefficient (Wildman–Crippen LogP) is 3.23. The molecule has 1 aromatic rings. The molecule has 0 saturated carbocycles. The minimum absolute atomic E-state index is 0.0574. The number of nitrogens with zero attached hydrogens (tertiary/aromatic N) is 4. The van der Waals surface area contributed by atoms with Crippen LogP contribution in [0.1, 0.15) is 11.7 Å². The van der Waals surface area contributed by atoms with E-state index >= 15 is 0 Å². The van der Waals surface area contributed by atoms with Gasteiger partial charge in [0.25, 0.3) is 0 Å². The zero-order valence-corrected chi connectivity index (χ0v) is 9.13. The molecule has 0 spiro atoms. The molecule has 0 amide bonds. The number of azide groups is 1. The van der Waals surface area contributed by atoms with Gasteiger partial charge in [-0.2, -0.15) is 5.26 Å². The number of hydrogen-bond donors (Lipinski definition) is 0. The molecule has 0 aromatic heterocycles. The van der Waals surface area contributed by atoms with Crippen LogP contribution in [-0.4, -0.2) is 13.2 Å². The minimum Gasteiger partial charge on any atom is -0.358 e. The normalized spacial score (nSPS) is 11.2. The van der Waals surface area contributed by atoms with Crippen molar-refractivity contribution in [1.29, 1.82) is 5.26 Å². The SMILES string of the molecule is N#CCOC(CN=[N+]=[N-])c1cccc(Cl)c1. The van der Waals surface area contributed by atoms with Crippen molar-refractivity contribution in [2.45, 2.75) is 6.10 Å². The molecule has 16 heavy (non-hydrogen) atoms. The quantitative estimate of drug-likeness (QED) is 0.447. The van der Waals surface area contributed by atoms with Crippen LogP contribution < -0.4 is 0 Å². The molecule has 0 heterocycles. The van der Waals surface area contributed by atoms with E-state index < -0.39 is 6.10 Å². The number of benzene rings is 1. The van der Waals surface area contributed by atoms with Gasteiger partial charge in [0.05, 0.1) is 18.7 Å². The monoisotopic (exact) mass is 236 g/mol. The molecule has 0 aliphatic heterocycles. The topological polar surface area (TPSA) is 81.8 Å². The summed E-state index contributed by atoms with van der Waals surface area (Å²) in [6.45, 7) is 0.0800. The number of rotatable bonds is 5. The highest BCUT2D eigenvalue weighted by Gasteiger charge is 2.11. The highest BCUT2D eigenvalue weighted by atomic mass is 35.5. The minimum atomic E-state index is -0.436. The third-order valence-electron chi connectivity index (χ3n) is 1.88. The lowest BCUT2D eigenvalue weighted by Gasteiger charge is -2.14. The molecule has 0 radical (unpaired) electrons. The van der Waals surface area contributed by atoms with Crippen molar-refractivity contribution in [1.82, 2.24) is 0 Å². The smallest absolute Gasteiger partial charge is 0.134 e. The number of nitriles is 1.